The van der Waals surface area contributed by atoms with Gasteiger partial charge in [-0.05, 0) is 35.9 Å². The smallest absolute Gasteiger partial charge is 0.291 e. The van der Waals surface area contributed by atoms with Crippen LogP contribution in [0.25, 0.3) is 11.0 Å². The van der Waals surface area contributed by atoms with E-state index in [1.807, 2.05) is 18.2 Å². The Morgan fingerprint density at radius 3 is 2.59 bits per heavy atom. The van der Waals surface area contributed by atoms with E-state index >= 15 is 0 Å². The van der Waals surface area contributed by atoms with Gasteiger partial charge in [0.1, 0.15) is 5.58 Å². The number of ether oxygens (including phenoxy) is 2. The van der Waals surface area contributed by atoms with E-state index in [0.29, 0.717) is 39.3 Å². The van der Waals surface area contributed by atoms with Crippen molar-refractivity contribution >= 4 is 28.5 Å². The van der Waals surface area contributed by atoms with Gasteiger partial charge >= 0.3 is 0 Å². The molecule has 7 rings (SSSR count). The van der Waals surface area contributed by atoms with Gasteiger partial charge in [-0.15, -0.1) is 6.58 Å². The predicted octanol–water partition coefficient (Wildman–Crippen LogP) is 3.95. The lowest BCUT2D eigenvalue weighted by Gasteiger charge is -2.34. The monoisotopic (exact) mass is 492 g/mol. The van der Waals surface area contributed by atoms with Gasteiger partial charge in [0.2, 0.25) is 12.6 Å². The molecule has 0 saturated heterocycles. The first-order chi connectivity index (χ1) is 18.1. The third-order valence-corrected chi connectivity index (χ3v) is 7.23. The summed E-state index contributed by atoms with van der Waals surface area (Å²) in [6.45, 7) is 4.18. The van der Waals surface area contributed by atoms with E-state index in [-0.39, 0.29) is 31.2 Å². The minimum Gasteiger partial charge on any atom is -0.454 e. The minimum atomic E-state index is -1.69. The van der Waals surface area contributed by atoms with Crippen molar-refractivity contribution in [1.82, 2.24) is 4.90 Å². The molecule has 1 atom stereocenters. The van der Waals surface area contributed by atoms with Crippen molar-refractivity contribution in [1.29, 1.82) is 0 Å². The Labute approximate surface area is 210 Å². The number of anilines is 1. The number of fused-ring (bicyclic) bond motifs is 6. The Bertz CT molecular complexity index is 1720. The summed E-state index contributed by atoms with van der Waals surface area (Å²) in [5.41, 5.74) is 0.139. The van der Waals surface area contributed by atoms with Crippen molar-refractivity contribution in [3.8, 4) is 11.5 Å². The highest BCUT2D eigenvalue weighted by molar-refractivity contribution is 6.17. The highest BCUT2D eigenvalue weighted by Crippen LogP contribution is 2.53. The highest BCUT2D eigenvalue weighted by Gasteiger charge is 2.64. The molecule has 37 heavy (non-hydrogen) atoms. The topological polar surface area (TPSA) is 89.3 Å². The second kappa shape index (κ2) is 7.57. The third-order valence-electron chi connectivity index (χ3n) is 7.23. The lowest BCUT2D eigenvalue weighted by molar-refractivity contribution is -0.126. The SMILES string of the molecule is C=CCN1C(=O)C2(c3ccccc31)c1c(oc3ccccc3c1=O)C(=O)N2Cc1ccc2c(c1)OCO2. The molecule has 0 bridgehead atoms. The van der Waals surface area contributed by atoms with E-state index in [2.05, 4.69) is 6.58 Å². The summed E-state index contributed by atoms with van der Waals surface area (Å²) < 4.78 is 17.0. The first-order valence-electron chi connectivity index (χ1n) is 11.8. The second-order valence-corrected chi connectivity index (χ2v) is 9.14. The Morgan fingerprint density at radius 1 is 0.946 bits per heavy atom. The van der Waals surface area contributed by atoms with Crippen LogP contribution in [-0.4, -0.2) is 30.1 Å². The van der Waals surface area contributed by atoms with Crippen LogP contribution in [0.4, 0.5) is 5.69 Å². The average Bonchev–Trinajstić information content (AvgIpc) is 3.55. The fraction of sp³-hybridized carbons (Fsp3) is 0.138. The molecule has 4 heterocycles. The zero-order valence-corrected chi connectivity index (χ0v) is 19.6. The third kappa shape index (κ3) is 2.69. The number of carbonyl (C=O) groups excluding carboxylic acids is 2. The molecule has 8 heteroatoms. The summed E-state index contributed by atoms with van der Waals surface area (Å²) in [5.74, 6) is 0.121. The van der Waals surface area contributed by atoms with E-state index in [9.17, 15) is 14.4 Å². The van der Waals surface area contributed by atoms with Gasteiger partial charge in [0.05, 0.1) is 16.6 Å². The van der Waals surface area contributed by atoms with E-state index in [1.165, 1.54) is 4.90 Å². The molecule has 0 aliphatic carbocycles. The van der Waals surface area contributed by atoms with Crippen LogP contribution < -0.4 is 19.8 Å². The number of nitrogens with zero attached hydrogens (tertiary/aromatic N) is 2. The lowest BCUT2D eigenvalue weighted by Crippen LogP contribution is -2.53. The van der Waals surface area contributed by atoms with Gasteiger partial charge in [0.15, 0.2) is 22.5 Å². The van der Waals surface area contributed by atoms with Crippen LogP contribution in [0, 0.1) is 0 Å². The van der Waals surface area contributed by atoms with Crippen molar-refractivity contribution in [2.75, 3.05) is 18.2 Å². The van der Waals surface area contributed by atoms with Crippen molar-refractivity contribution in [3.63, 3.8) is 0 Å². The molecule has 3 aliphatic heterocycles. The van der Waals surface area contributed by atoms with Gasteiger partial charge in [-0.2, -0.15) is 0 Å². The van der Waals surface area contributed by atoms with Gasteiger partial charge in [-0.25, -0.2) is 0 Å². The molecule has 0 fully saturated rings. The normalized spacial score (nSPS) is 19.1. The molecule has 1 spiro atoms. The number of amides is 2. The quantitative estimate of drug-likeness (QED) is 0.401. The zero-order valence-electron chi connectivity index (χ0n) is 19.6. The van der Waals surface area contributed by atoms with Crippen LogP contribution in [0.2, 0.25) is 0 Å². The molecule has 4 aromatic rings. The molecule has 0 N–H and O–H groups in total. The summed E-state index contributed by atoms with van der Waals surface area (Å²) in [4.78, 5) is 45.5. The number of carbonyl (C=O) groups is 2. The van der Waals surface area contributed by atoms with Crippen LogP contribution in [0.1, 0.15) is 27.2 Å². The van der Waals surface area contributed by atoms with E-state index < -0.39 is 22.8 Å². The van der Waals surface area contributed by atoms with Gasteiger partial charge in [-0.3, -0.25) is 14.4 Å². The van der Waals surface area contributed by atoms with Crippen molar-refractivity contribution in [3.05, 3.63) is 112 Å². The van der Waals surface area contributed by atoms with E-state index in [0.717, 1.165) is 0 Å². The molecule has 1 unspecified atom stereocenters. The second-order valence-electron chi connectivity index (χ2n) is 9.14. The van der Waals surface area contributed by atoms with Crippen LogP contribution in [0.5, 0.6) is 11.5 Å². The largest absolute Gasteiger partial charge is 0.454 e. The first-order valence-corrected chi connectivity index (χ1v) is 11.8. The summed E-state index contributed by atoms with van der Waals surface area (Å²) in [7, 11) is 0. The Kier molecular flexibility index (Phi) is 4.39. The molecule has 0 radical (unpaired) electrons. The molecular weight excluding hydrogens is 472 g/mol. The highest BCUT2D eigenvalue weighted by atomic mass is 16.7. The zero-order chi connectivity index (χ0) is 25.3. The number of hydrogen-bond acceptors (Lipinski definition) is 6. The van der Waals surface area contributed by atoms with Crippen LogP contribution >= 0.6 is 0 Å². The lowest BCUT2D eigenvalue weighted by atomic mass is 9.83. The van der Waals surface area contributed by atoms with Crippen molar-refractivity contribution in [2.45, 2.75) is 12.1 Å². The van der Waals surface area contributed by atoms with Crippen LogP contribution in [-0.2, 0) is 16.9 Å². The van der Waals surface area contributed by atoms with Crippen LogP contribution in [0.3, 0.4) is 0 Å². The molecule has 2 amide bonds. The Morgan fingerprint density at radius 2 is 1.73 bits per heavy atom. The predicted molar refractivity (Wildman–Crippen MR) is 135 cm³/mol. The molecule has 8 nitrogen and oxygen atoms in total. The van der Waals surface area contributed by atoms with Crippen LogP contribution in [0.15, 0.2) is 88.6 Å². The summed E-state index contributed by atoms with van der Waals surface area (Å²) in [5, 5.41) is 0.311. The minimum absolute atomic E-state index is 0.0391. The fourth-order valence-corrected chi connectivity index (χ4v) is 5.69. The van der Waals surface area contributed by atoms with Gasteiger partial charge in [0.25, 0.3) is 11.8 Å². The first kappa shape index (κ1) is 21.4. The maximum absolute atomic E-state index is 14.4. The molecule has 3 aromatic carbocycles. The maximum atomic E-state index is 14.4. The van der Waals surface area contributed by atoms with Gasteiger partial charge < -0.3 is 23.7 Å². The Hall–Kier alpha value is -4.85. The number of rotatable bonds is 4. The molecule has 3 aliphatic rings. The number of para-hydroxylation sites is 2. The Balaban J connectivity index is 1.52. The molecular formula is C29H20N2O6. The van der Waals surface area contributed by atoms with Gasteiger partial charge in [0, 0.05) is 18.7 Å². The summed E-state index contributed by atoms with van der Waals surface area (Å²) in [6, 6.07) is 19.4. The van der Waals surface area contributed by atoms with E-state index in [4.69, 9.17) is 13.9 Å². The summed E-state index contributed by atoms with van der Waals surface area (Å²) >= 11 is 0. The average molecular weight is 492 g/mol. The summed E-state index contributed by atoms with van der Waals surface area (Å²) in [6.07, 6.45) is 1.62. The van der Waals surface area contributed by atoms with Crippen molar-refractivity contribution in [2.24, 2.45) is 0 Å². The number of benzene rings is 3. The molecule has 1 aromatic heterocycles. The maximum Gasteiger partial charge on any atom is 0.291 e. The van der Waals surface area contributed by atoms with E-state index in [1.54, 1.807) is 59.5 Å². The van der Waals surface area contributed by atoms with Gasteiger partial charge in [-0.1, -0.05) is 42.5 Å². The standard InChI is InChI=1S/C29H20N2O6/c1-2-13-30-20-9-5-4-8-19(20)29(28(30)34)24-25(32)18-7-3-6-10-21(18)37-26(24)27(33)31(29)15-17-11-12-22-23(14-17)36-16-35-22/h2-12,14H,1,13,15-16H2. The van der Waals surface area contributed by atoms with Crippen molar-refractivity contribution < 1.29 is 23.5 Å². The fourth-order valence-electron chi connectivity index (χ4n) is 5.69. The number of hydrogen-bond donors (Lipinski definition) is 0. The molecule has 182 valence electrons. The molecule has 0 saturated carbocycles.